The van der Waals surface area contributed by atoms with Gasteiger partial charge in [-0.2, -0.15) is 0 Å². The van der Waals surface area contributed by atoms with E-state index in [4.69, 9.17) is 4.42 Å². The number of rotatable bonds is 1. The lowest BCUT2D eigenvalue weighted by Gasteiger charge is -2.17. The maximum atomic E-state index is 5.19. The van der Waals surface area contributed by atoms with Crippen LogP contribution in [0.5, 0.6) is 0 Å². The molecule has 0 aliphatic carbocycles. The first-order valence-corrected chi connectivity index (χ1v) is 4.87. The van der Waals surface area contributed by atoms with Crippen LogP contribution in [0.1, 0.15) is 26.3 Å². The normalized spacial score (nSPS) is 12.2. The van der Waals surface area contributed by atoms with E-state index in [0.717, 1.165) is 17.5 Å². The molecule has 0 fully saturated rings. The van der Waals surface area contributed by atoms with Crippen LogP contribution in [0, 0.1) is 5.41 Å². The predicted octanol–water partition coefficient (Wildman–Crippen LogP) is 3.42. The van der Waals surface area contributed by atoms with Crippen molar-refractivity contribution in [3.8, 4) is 0 Å². The number of hydrogen-bond donors (Lipinski definition) is 0. The number of nitrogens with zero attached hydrogens (tertiary/aromatic N) is 1. The first kappa shape index (κ1) is 9.25. The van der Waals surface area contributed by atoms with Crippen molar-refractivity contribution in [1.29, 1.82) is 0 Å². The molecule has 2 nitrogen and oxygen atoms in total. The fourth-order valence-electron chi connectivity index (χ4n) is 1.63. The van der Waals surface area contributed by atoms with Crippen LogP contribution in [-0.4, -0.2) is 4.98 Å². The van der Waals surface area contributed by atoms with E-state index in [1.54, 1.807) is 0 Å². The minimum Gasteiger partial charge on any atom is -0.443 e. The summed E-state index contributed by atoms with van der Waals surface area (Å²) < 4.78 is 5.19. The van der Waals surface area contributed by atoms with Gasteiger partial charge >= 0.3 is 0 Å². The Morgan fingerprint density at radius 1 is 1.29 bits per heavy atom. The molecule has 14 heavy (non-hydrogen) atoms. The van der Waals surface area contributed by atoms with E-state index in [9.17, 15) is 0 Å². The summed E-state index contributed by atoms with van der Waals surface area (Å²) in [7, 11) is 0. The van der Waals surface area contributed by atoms with Crippen LogP contribution >= 0.6 is 0 Å². The molecule has 2 heteroatoms. The molecule has 0 spiro atoms. The summed E-state index contributed by atoms with van der Waals surface area (Å²) in [6.07, 6.45) is 2.56. The van der Waals surface area contributed by atoms with E-state index in [-0.39, 0.29) is 0 Å². The fraction of sp³-hybridized carbons (Fsp3) is 0.417. The molecule has 0 N–H and O–H groups in total. The lowest BCUT2D eigenvalue weighted by atomic mass is 9.88. The second kappa shape index (κ2) is 3.12. The minimum absolute atomic E-state index is 0.317. The van der Waals surface area contributed by atoms with Gasteiger partial charge in [-0.15, -0.1) is 0 Å². The molecule has 0 bridgehead atoms. The van der Waals surface area contributed by atoms with Gasteiger partial charge in [-0.25, -0.2) is 4.98 Å². The van der Waals surface area contributed by atoms with Crippen molar-refractivity contribution in [3.63, 3.8) is 0 Å². The smallest absolute Gasteiger partial charge is 0.181 e. The Balaban J connectivity index is 2.35. The largest absolute Gasteiger partial charge is 0.443 e. The third kappa shape index (κ3) is 1.95. The zero-order valence-corrected chi connectivity index (χ0v) is 8.87. The van der Waals surface area contributed by atoms with Crippen molar-refractivity contribution in [2.45, 2.75) is 27.2 Å². The molecule has 0 atom stereocenters. The molecule has 1 aromatic carbocycles. The topological polar surface area (TPSA) is 26.0 Å². The highest BCUT2D eigenvalue weighted by atomic mass is 16.3. The first-order valence-electron chi connectivity index (χ1n) is 4.87. The van der Waals surface area contributed by atoms with Crippen molar-refractivity contribution in [2.75, 3.05) is 0 Å². The van der Waals surface area contributed by atoms with Gasteiger partial charge in [0.15, 0.2) is 12.0 Å². The van der Waals surface area contributed by atoms with E-state index in [2.05, 4.69) is 37.9 Å². The molecular formula is C12H15NO. The Morgan fingerprint density at radius 3 is 2.79 bits per heavy atom. The Hall–Kier alpha value is -1.31. The summed E-state index contributed by atoms with van der Waals surface area (Å²) >= 11 is 0. The van der Waals surface area contributed by atoms with Crippen molar-refractivity contribution >= 4 is 11.1 Å². The highest BCUT2D eigenvalue weighted by Gasteiger charge is 2.11. The Labute approximate surface area is 84.0 Å². The van der Waals surface area contributed by atoms with Gasteiger partial charge in [0.05, 0.1) is 0 Å². The van der Waals surface area contributed by atoms with E-state index in [1.807, 2.05) is 6.07 Å². The molecule has 0 unspecified atom stereocenters. The Bertz CT molecular complexity index is 437. The van der Waals surface area contributed by atoms with Gasteiger partial charge in [0.25, 0.3) is 0 Å². The standard InChI is InChI=1S/C12H15NO/c1-12(2,3)7-9-4-5-11-10(6-9)13-8-14-11/h4-6,8H,7H2,1-3H3. The molecule has 0 aliphatic heterocycles. The van der Waals surface area contributed by atoms with Gasteiger partial charge in [0, 0.05) is 0 Å². The average Bonchev–Trinajstić information content (AvgIpc) is 2.47. The number of aromatic nitrogens is 1. The lowest BCUT2D eigenvalue weighted by molar-refractivity contribution is 0.411. The molecule has 74 valence electrons. The summed E-state index contributed by atoms with van der Waals surface area (Å²) in [6.45, 7) is 6.71. The van der Waals surface area contributed by atoms with Gasteiger partial charge in [-0.05, 0) is 29.5 Å². The van der Waals surface area contributed by atoms with E-state index in [1.165, 1.54) is 12.0 Å². The quantitative estimate of drug-likeness (QED) is 0.687. The third-order valence-corrected chi connectivity index (χ3v) is 2.13. The van der Waals surface area contributed by atoms with Crippen LogP contribution in [0.3, 0.4) is 0 Å². The molecule has 0 aliphatic rings. The van der Waals surface area contributed by atoms with Crippen LogP contribution in [0.25, 0.3) is 11.1 Å². The third-order valence-electron chi connectivity index (χ3n) is 2.13. The van der Waals surface area contributed by atoms with Crippen LogP contribution in [0.15, 0.2) is 29.0 Å². The van der Waals surface area contributed by atoms with Gasteiger partial charge < -0.3 is 4.42 Å². The van der Waals surface area contributed by atoms with Gasteiger partial charge in [0.2, 0.25) is 0 Å². The number of oxazole rings is 1. The Kier molecular flexibility index (Phi) is 2.06. The molecule has 0 amide bonds. The molecule has 0 saturated carbocycles. The second-order valence-electron chi connectivity index (χ2n) is 4.89. The maximum Gasteiger partial charge on any atom is 0.181 e. The summed E-state index contributed by atoms with van der Waals surface area (Å²) in [5.41, 5.74) is 3.45. The maximum absolute atomic E-state index is 5.19. The van der Waals surface area contributed by atoms with Crippen LogP contribution in [0.2, 0.25) is 0 Å². The molecule has 2 aromatic rings. The fourth-order valence-corrected chi connectivity index (χ4v) is 1.63. The summed E-state index contributed by atoms with van der Waals surface area (Å²) in [6, 6.07) is 6.20. The average molecular weight is 189 g/mol. The lowest BCUT2D eigenvalue weighted by Crippen LogP contribution is -2.08. The van der Waals surface area contributed by atoms with Crippen molar-refractivity contribution in [1.82, 2.24) is 4.98 Å². The van der Waals surface area contributed by atoms with E-state index in [0.29, 0.717) is 5.41 Å². The number of benzene rings is 1. The summed E-state index contributed by atoms with van der Waals surface area (Å²) in [5, 5.41) is 0. The highest BCUT2D eigenvalue weighted by molar-refractivity contribution is 5.72. The van der Waals surface area contributed by atoms with Gasteiger partial charge in [-0.3, -0.25) is 0 Å². The molecule has 1 aromatic heterocycles. The van der Waals surface area contributed by atoms with Crippen molar-refractivity contribution < 1.29 is 4.42 Å². The summed E-state index contributed by atoms with van der Waals surface area (Å²) in [4.78, 5) is 4.14. The van der Waals surface area contributed by atoms with Crippen LogP contribution in [-0.2, 0) is 6.42 Å². The van der Waals surface area contributed by atoms with E-state index < -0.39 is 0 Å². The van der Waals surface area contributed by atoms with Crippen LogP contribution in [0.4, 0.5) is 0 Å². The molecule has 0 radical (unpaired) electrons. The summed E-state index contributed by atoms with van der Waals surface area (Å²) in [5.74, 6) is 0. The van der Waals surface area contributed by atoms with Gasteiger partial charge in [-0.1, -0.05) is 26.8 Å². The van der Waals surface area contributed by atoms with Gasteiger partial charge in [0.1, 0.15) is 5.52 Å². The minimum atomic E-state index is 0.317. The van der Waals surface area contributed by atoms with Crippen LogP contribution < -0.4 is 0 Å². The second-order valence-corrected chi connectivity index (χ2v) is 4.89. The Morgan fingerprint density at radius 2 is 2.07 bits per heavy atom. The van der Waals surface area contributed by atoms with E-state index >= 15 is 0 Å². The molecular weight excluding hydrogens is 174 g/mol. The zero-order chi connectivity index (χ0) is 10.2. The number of fused-ring (bicyclic) bond motifs is 1. The molecule has 1 heterocycles. The molecule has 0 saturated heterocycles. The SMILES string of the molecule is CC(C)(C)Cc1ccc2ocnc2c1. The zero-order valence-electron chi connectivity index (χ0n) is 8.87. The highest BCUT2D eigenvalue weighted by Crippen LogP contribution is 2.22. The van der Waals surface area contributed by atoms with Crippen molar-refractivity contribution in [2.24, 2.45) is 5.41 Å². The monoisotopic (exact) mass is 189 g/mol. The van der Waals surface area contributed by atoms with Crippen molar-refractivity contribution in [3.05, 3.63) is 30.2 Å². The first-order chi connectivity index (χ1) is 6.54. The molecule has 2 rings (SSSR count). The predicted molar refractivity (Wildman–Crippen MR) is 57.2 cm³/mol. The number of hydrogen-bond acceptors (Lipinski definition) is 2.